The fourth-order valence-corrected chi connectivity index (χ4v) is 2.36. The van der Waals surface area contributed by atoms with Crippen LogP contribution < -0.4 is 4.90 Å². The highest BCUT2D eigenvalue weighted by Crippen LogP contribution is 2.29. The monoisotopic (exact) mass is 325 g/mol. The number of halogens is 1. The number of anilines is 1. The zero-order chi connectivity index (χ0) is 17.0. The molecule has 1 amide bonds. The van der Waals surface area contributed by atoms with Crippen LogP contribution >= 0.6 is 0 Å². The maximum atomic E-state index is 13.4. The number of nitro groups is 1. The van der Waals surface area contributed by atoms with Crippen LogP contribution in [-0.2, 0) is 4.74 Å². The van der Waals surface area contributed by atoms with Crippen LogP contribution in [0.15, 0.2) is 18.2 Å². The lowest BCUT2D eigenvalue weighted by Crippen LogP contribution is -2.49. The number of benzene rings is 1. The van der Waals surface area contributed by atoms with Crippen LogP contribution in [0.5, 0.6) is 0 Å². The third-order valence-electron chi connectivity index (χ3n) is 3.55. The first-order valence-corrected chi connectivity index (χ1v) is 7.49. The van der Waals surface area contributed by atoms with Crippen LogP contribution in [0.1, 0.15) is 13.8 Å². The Bertz CT molecular complexity index is 586. The van der Waals surface area contributed by atoms with E-state index in [9.17, 15) is 19.3 Å². The maximum Gasteiger partial charge on any atom is 0.409 e. The zero-order valence-electron chi connectivity index (χ0n) is 13.2. The molecule has 1 aliphatic heterocycles. The first-order chi connectivity index (χ1) is 10.9. The van der Waals surface area contributed by atoms with Crippen LogP contribution in [-0.4, -0.2) is 48.7 Å². The number of hydrogen-bond acceptors (Lipinski definition) is 5. The normalized spacial score (nSPS) is 15.0. The van der Waals surface area contributed by atoms with Gasteiger partial charge in [-0.3, -0.25) is 10.1 Å². The van der Waals surface area contributed by atoms with Crippen LogP contribution in [0, 0.1) is 21.8 Å². The Hall–Kier alpha value is -2.38. The number of nitro benzene ring substituents is 1. The van der Waals surface area contributed by atoms with E-state index in [-0.39, 0.29) is 23.4 Å². The number of amides is 1. The van der Waals surface area contributed by atoms with Gasteiger partial charge in [0.15, 0.2) is 0 Å². The second kappa shape index (κ2) is 7.26. The van der Waals surface area contributed by atoms with Gasteiger partial charge in [0.2, 0.25) is 0 Å². The largest absolute Gasteiger partial charge is 0.449 e. The molecule has 7 nitrogen and oxygen atoms in total. The molecule has 1 aromatic rings. The zero-order valence-corrected chi connectivity index (χ0v) is 13.2. The van der Waals surface area contributed by atoms with Gasteiger partial charge in [0.05, 0.1) is 11.5 Å². The van der Waals surface area contributed by atoms with Crippen molar-refractivity contribution in [2.24, 2.45) is 5.92 Å². The predicted octanol–water partition coefficient (Wildman–Crippen LogP) is 2.65. The summed E-state index contributed by atoms with van der Waals surface area (Å²) in [4.78, 5) is 25.7. The molecule has 0 unspecified atom stereocenters. The van der Waals surface area contributed by atoms with Crippen LogP contribution in [0.2, 0.25) is 0 Å². The summed E-state index contributed by atoms with van der Waals surface area (Å²) in [6.45, 7) is 5.80. The van der Waals surface area contributed by atoms with Crippen molar-refractivity contribution in [2.75, 3.05) is 37.7 Å². The number of carbonyl (C=O) groups is 1. The van der Waals surface area contributed by atoms with Crippen molar-refractivity contribution in [1.29, 1.82) is 0 Å². The molecular weight excluding hydrogens is 305 g/mol. The molecule has 0 N–H and O–H groups in total. The Labute approximate surface area is 133 Å². The van der Waals surface area contributed by atoms with E-state index >= 15 is 0 Å². The molecule has 0 aliphatic carbocycles. The van der Waals surface area contributed by atoms with Gasteiger partial charge in [-0.25, -0.2) is 9.18 Å². The lowest BCUT2D eigenvalue weighted by molar-refractivity contribution is -0.384. The van der Waals surface area contributed by atoms with E-state index in [4.69, 9.17) is 4.74 Å². The van der Waals surface area contributed by atoms with Crippen molar-refractivity contribution in [3.05, 3.63) is 34.1 Å². The van der Waals surface area contributed by atoms with E-state index in [1.807, 2.05) is 13.8 Å². The van der Waals surface area contributed by atoms with Crippen molar-refractivity contribution in [2.45, 2.75) is 13.8 Å². The van der Waals surface area contributed by atoms with Gasteiger partial charge >= 0.3 is 6.09 Å². The number of ether oxygens (including phenoxy) is 1. The van der Waals surface area contributed by atoms with E-state index in [0.29, 0.717) is 32.8 Å². The Morgan fingerprint density at radius 1 is 1.35 bits per heavy atom. The third kappa shape index (κ3) is 4.30. The summed E-state index contributed by atoms with van der Waals surface area (Å²) in [7, 11) is 0. The van der Waals surface area contributed by atoms with E-state index in [0.717, 1.165) is 18.2 Å². The summed E-state index contributed by atoms with van der Waals surface area (Å²) in [5.74, 6) is -0.264. The first kappa shape index (κ1) is 17.0. The molecule has 126 valence electrons. The average Bonchev–Trinajstić information content (AvgIpc) is 2.52. The topological polar surface area (TPSA) is 75.9 Å². The van der Waals surface area contributed by atoms with Gasteiger partial charge in [-0.2, -0.15) is 0 Å². The summed E-state index contributed by atoms with van der Waals surface area (Å²) >= 11 is 0. The van der Waals surface area contributed by atoms with Crippen molar-refractivity contribution in [3.8, 4) is 0 Å². The van der Waals surface area contributed by atoms with E-state index in [2.05, 4.69) is 0 Å². The standard InChI is InChI=1S/C15H20FN3O4/c1-11(2)10-23-15(20)18-7-5-17(6-8-18)14-9-12(16)3-4-13(14)19(21)22/h3-4,9,11H,5-8,10H2,1-2H3. The summed E-state index contributed by atoms with van der Waals surface area (Å²) < 4.78 is 18.6. The van der Waals surface area contributed by atoms with Gasteiger partial charge in [-0.05, 0) is 12.0 Å². The quantitative estimate of drug-likeness (QED) is 0.628. The third-order valence-corrected chi connectivity index (χ3v) is 3.55. The van der Waals surface area contributed by atoms with Gasteiger partial charge in [0, 0.05) is 38.3 Å². The van der Waals surface area contributed by atoms with Crippen LogP contribution in [0.25, 0.3) is 0 Å². The number of nitrogens with zero attached hydrogens (tertiary/aromatic N) is 3. The van der Waals surface area contributed by atoms with Crippen LogP contribution in [0.3, 0.4) is 0 Å². The molecule has 0 radical (unpaired) electrons. The van der Waals surface area contributed by atoms with Gasteiger partial charge < -0.3 is 14.5 Å². The highest BCUT2D eigenvalue weighted by Gasteiger charge is 2.26. The molecule has 2 rings (SSSR count). The Kier molecular flexibility index (Phi) is 5.36. The minimum Gasteiger partial charge on any atom is -0.449 e. The number of carbonyl (C=O) groups excluding carboxylic acids is 1. The lowest BCUT2D eigenvalue weighted by Gasteiger charge is -2.35. The first-order valence-electron chi connectivity index (χ1n) is 7.49. The molecule has 8 heteroatoms. The molecule has 0 aromatic heterocycles. The summed E-state index contributed by atoms with van der Waals surface area (Å²) in [6, 6.07) is 3.39. The summed E-state index contributed by atoms with van der Waals surface area (Å²) in [6.07, 6.45) is -0.382. The fraction of sp³-hybridized carbons (Fsp3) is 0.533. The van der Waals surface area contributed by atoms with Crippen molar-refractivity contribution in [3.63, 3.8) is 0 Å². The molecule has 23 heavy (non-hydrogen) atoms. The molecule has 0 saturated carbocycles. The van der Waals surface area contributed by atoms with Crippen molar-refractivity contribution >= 4 is 17.5 Å². The summed E-state index contributed by atoms with van der Waals surface area (Å²) in [5.41, 5.74) is 0.104. The smallest absolute Gasteiger partial charge is 0.409 e. The predicted molar refractivity (Wildman–Crippen MR) is 83.0 cm³/mol. The highest BCUT2D eigenvalue weighted by molar-refractivity contribution is 5.69. The SMILES string of the molecule is CC(C)COC(=O)N1CCN(c2cc(F)ccc2[N+](=O)[O-])CC1. The Morgan fingerprint density at radius 3 is 2.57 bits per heavy atom. The van der Waals surface area contributed by atoms with Gasteiger partial charge in [-0.15, -0.1) is 0 Å². The number of piperazine rings is 1. The van der Waals surface area contributed by atoms with Gasteiger partial charge in [0.1, 0.15) is 11.5 Å². The average molecular weight is 325 g/mol. The molecule has 1 aliphatic rings. The molecule has 0 atom stereocenters. The molecule has 0 spiro atoms. The molecular formula is C15H20FN3O4. The van der Waals surface area contributed by atoms with E-state index in [1.54, 1.807) is 9.80 Å². The van der Waals surface area contributed by atoms with Crippen LogP contribution in [0.4, 0.5) is 20.6 Å². The van der Waals surface area contributed by atoms with E-state index in [1.165, 1.54) is 0 Å². The Balaban J connectivity index is 2.01. The molecule has 1 aromatic carbocycles. The minimum atomic E-state index is -0.530. The van der Waals surface area contributed by atoms with Crippen molar-refractivity contribution < 1.29 is 18.8 Å². The number of hydrogen-bond donors (Lipinski definition) is 0. The minimum absolute atomic E-state index is 0.137. The second-order valence-corrected chi connectivity index (χ2v) is 5.84. The maximum absolute atomic E-state index is 13.4. The van der Waals surface area contributed by atoms with E-state index < -0.39 is 10.7 Å². The van der Waals surface area contributed by atoms with Gasteiger partial charge in [0.25, 0.3) is 5.69 Å². The summed E-state index contributed by atoms with van der Waals surface area (Å²) in [5, 5.41) is 11.1. The lowest BCUT2D eigenvalue weighted by atomic mass is 10.2. The molecule has 1 fully saturated rings. The van der Waals surface area contributed by atoms with Gasteiger partial charge in [-0.1, -0.05) is 13.8 Å². The second-order valence-electron chi connectivity index (χ2n) is 5.84. The fourth-order valence-electron chi connectivity index (χ4n) is 2.36. The molecule has 1 heterocycles. The highest BCUT2D eigenvalue weighted by atomic mass is 19.1. The molecule has 0 bridgehead atoms. The Morgan fingerprint density at radius 2 is 2.00 bits per heavy atom. The van der Waals surface area contributed by atoms with Crippen molar-refractivity contribution in [1.82, 2.24) is 4.90 Å². The number of rotatable bonds is 4. The molecule has 1 saturated heterocycles.